The molecule has 0 atom stereocenters. The lowest BCUT2D eigenvalue weighted by Gasteiger charge is -2.12. The van der Waals surface area contributed by atoms with Gasteiger partial charge in [0, 0.05) is 5.69 Å². The molecule has 8 heteroatoms. The molecule has 28 heavy (non-hydrogen) atoms. The Morgan fingerprint density at radius 2 is 1.89 bits per heavy atom. The number of amides is 3. The Balaban J connectivity index is 1.44. The van der Waals surface area contributed by atoms with Crippen molar-refractivity contribution in [1.29, 1.82) is 0 Å². The van der Waals surface area contributed by atoms with E-state index in [-0.39, 0.29) is 18.2 Å². The molecular formula is C20H16N2O5S. The number of anilines is 1. The Hall–Kier alpha value is -3.26. The number of nitrogens with zero attached hydrogens (tertiary/aromatic N) is 1. The highest BCUT2D eigenvalue weighted by Gasteiger charge is 2.36. The van der Waals surface area contributed by atoms with Crippen LogP contribution < -0.4 is 14.8 Å². The summed E-state index contributed by atoms with van der Waals surface area (Å²) >= 11 is 0.807. The molecule has 0 spiro atoms. The number of nitrogens with one attached hydrogen (secondary N) is 1. The van der Waals surface area contributed by atoms with E-state index >= 15 is 0 Å². The summed E-state index contributed by atoms with van der Waals surface area (Å²) in [5.74, 6) is 0.297. The first-order valence-electron chi connectivity index (χ1n) is 8.51. The van der Waals surface area contributed by atoms with E-state index < -0.39 is 17.1 Å². The zero-order valence-electron chi connectivity index (χ0n) is 14.9. The molecule has 1 saturated heterocycles. The summed E-state index contributed by atoms with van der Waals surface area (Å²) in [6, 6.07) is 12.5. The molecule has 2 aliphatic rings. The van der Waals surface area contributed by atoms with Crippen LogP contribution in [0.25, 0.3) is 6.08 Å². The highest BCUT2D eigenvalue weighted by atomic mass is 32.2. The number of hydrogen-bond donors (Lipinski definition) is 1. The lowest BCUT2D eigenvalue weighted by Crippen LogP contribution is -2.36. The fraction of sp³-hybridized carbons (Fsp3) is 0.150. The summed E-state index contributed by atoms with van der Waals surface area (Å²) in [5, 5.41) is 2.21. The highest BCUT2D eigenvalue weighted by molar-refractivity contribution is 8.18. The number of thioether (sulfide) groups is 1. The van der Waals surface area contributed by atoms with Gasteiger partial charge in [-0.2, -0.15) is 0 Å². The molecule has 1 N–H and O–H groups in total. The van der Waals surface area contributed by atoms with Crippen LogP contribution in [0.3, 0.4) is 0 Å². The van der Waals surface area contributed by atoms with Crippen molar-refractivity contribution in [2.24, 2.45) is 0 Å². The molecule has 0 aliphatic carbocycles. The van der Waals surface area contributed by atoms with Crippen LogP contribution in [0.2, 0.25) is 0 Å². The first-order chi connectivity index (χ1) is 13.5. The largest absolute Gasteiger partial charge is 0.454 e. The molecule has 0 unspecified atom stereocenters. The third kappa shape index (κ3) is 3.72. The van der Waals surface area contributed by atoms with Crippen LogP contribution in [-0.2, 0) is 9.59 Å². The monoisotopic (exact) mass is 396 g/mol. The standard InChI is InChI=1S/C20H16N2O5S/c1-12-2-5-14(6-3-12)21-18(23)10-22-19(24)17(28-20(22)25)9-13-4-7-15-16(8-13)27-11-26-15/h2-9H,10-11H2,1H3,(H,21,23). The van der Waals surface area contributed by atoms with Crippen LogP contribution in [-0.4, -0.2) is 35.3 Å². The number of aryl methyl sites for hydroxylation is 1. The zero-order valence-corrected chi connectivity index (χ0v) is 15.7. The van der Waals surface area contributed by atoms with Crippen molar-refractivity contribution in [3.8, 4) is 11.5 Å². The van der Waals surface area contributed by atoms with Crippen molar-refractivity contribution in [2.75, 3.05) is 18.7 Å². The first-order valence-corrected chi connectivity index (χ1v) is 9.33. The Morgan fingerprint density at radius 3 is 2.68 bits per heavy atom. The summed E-state index contributed by atoms with van der Waals surface area (Å²) in [7, 11) is 0. The van der Waals surface area contributed by atoms with Crippen LogP contribution in [0, 0.1) is 6.92 Å². The average molecular weight is 396 g/mol. The van der Waals surface area contributed by atoms with Gasteiger partial charge in [0.05, 0.1) is 4.91 Å². The Kier molecular flexibility index (Phi) is 4.79. The minimum atomic E-state index is -0.494. The van der Waals surface area contributed by atoms with Gasteiger partial charge in [0.15, 0.2) is 11.5 Å². The van der Waals surface area contributed by atoms with Crippen LogP contribution in [0.5, 0.6) is 11.5 Å². The van der Waals surface area contributed by atoms with Crippen LogP contribution in [0.1, 0.15) is 11.1 Å². The number of carbonyl (C=O) groups is 3. The number of ether oxygens (including phenoxy) is 2. The number of hydrogen-bond acceptors (Lipinski definition) is 6. The van der Waals surface area contributed by atoms with E-state index in [9.17, 15) is 14.4 Å². The number of imide groups is 1. The molecule has 142 valence electrons. The number of carbonyl (C=O) groups excluding carboxylic acids is 3. The normalized spacial score (nSPS) is 16.8. The molecule has 4 rings (SSSR count). The lowest BCUT2D eigenvalue weighted by atomic mass is 10.2. The topological polar surface area (TPSA) is 84.9 Å². The summed E-state index contributed by atoms with van der Waals surface area (Å²) in [4.78, 5) is 38.2. The third-order valence-corrected chi connectivity index (χ3v) is 5.11. The quantitative estimate of drug-likeness (QED) is 0.798. The Morgan fingerprint density at radius 1 is 1.14 bits per heavy atom. The lowest BCUT2D eigenvalue weighted by molar-refractivity contribution is -0.127. The first kappa shape index (κ1) is 18.1. The van der Waals surface area contributed by atoms with Gasteiger partial charge < -0.3 is 14.8 Å². The summed E-state index contributed by atoms with van der Waals surface area (Å²) in [5.41, 5.74) is 2.38. The van der Waals surface area contributed by atoms with Gasteiger partial charge in [0.2, 0.25) is 12.7 Å². The average Bonchev–Trinajstić information content (AvgIpc) is 3.23. The molecule has 7 nitrogen and oxygen atoms in total. The van der Waals surface area contributed by atoms with Gasteiger partial charge in [-0.05, 0) is 54.6 Å². The number of benzene rings is 2. The maximum Gasteiger partial charge on any atom is 0.294 e. The van der Waals surface area contributed by atoms with Crippen molar-refractivity contribution in [1.82, 2.24) is 4.90 Å². The predicted molar refractivity (Wildman–Crippen MR) is 105 cm³/mol. The Bertz CT molecular complexity index is 1000. The minimum absolute atomic E-state index is 0.158. The molecule has 1 fully saturated rings. The summed E-state index contributed by atoms with van der Waals surface area (Å²) in [6.45, 7) is 1.76. The second-order valence-corrected chi connectivity index (χ2v) is 7.29. The van der Waals surface area contributed by atoms with E-state index in [4.69, 9.17) is 9.47 Å². The SMILES string of the molecule is Cc1ccc(NC(=O)CN2C(=O)SC(=Cc3ccc4c(c3)OCO4)C2=O)cc1. The summed E-state index contributed by atoms with van der Waals surface area (Å²) < 4.78 is 10.6. The maximum atomic E-state index is 12.6. The zero-order chi connectivity index (χ0) is 19.7. The van der Waals surface area contributed by atoms with E-state index in [2.05, 4.69) is 5.32 Å². The van der Waals surface area contributed by atoms with Gasteiger partial charge in [0.1, 0.15) is 6.54 Å². The highest BCUT2D eigenvalue weighted by Crippen LogP contribution is 2.36. The van der Waals surface area contributed by atoms with Crippen LogP contribution in [0.15, 0.2) is 47.4 Å². The van der Waals surface area contributed by atoms with Gasteiger partial charge in [-0.1, -0.05) is 23.8 Å². The van der Waals surface area contributed by atoms with Crippen LogP contribution in [0.4, 0.5) is 10.5 Å². The van der Waals surface area contributed by atoms with Gasteiger partial charge in [-0.25, -0.2) is 0 Å². The molecule has 2 aromatic carbocycles. The van der Waals surface area contributed by atoms with Gasteiger partial charge >= 0.3 is 0 Å². The van der Waals surface area contributed by atoms with Crippen molar-refractivity contribution in [2.45, 2.75) is 6.92 Å². The molecular weight excluding hydrogens is 380 g/mol. The minimum Gasteiger partial charge on any atom is -0.454 e. The maximum absolute atomic E-state index is 12.6. The van der Waals surface area contributed by atoms with Gasteiger partial charge in [-0.15, -0.1) is 0 Å². The predicted octanol–water partition coefficient (Wildman–Crippen LogP) is 3.40. The third-order valence-electron chi connectivity index (χ3n) is 4.21. The molecule has 0 bridgehead atoms. The fourth-order valence-corrected chi connectivity index (χ4v) is 3.61. The molecule has 2 aliphatic heterocycles. The second kappa shape index (κ2) is 7.40. The van der Waals surface area contributed by atoms with E-state index in [0.717, 1.165) is 22.2 Å². The molecule has 0 aromatic heterocycles. The molecule has 0 saturated carbocycles. The van der Waals surface area contributed by atoms with E-state index in [1.165, 1.54) is 0 Å². The smallest absolute Gasteiger partial charge is 0.294 e. The van der Waals surface area contributed by atoms with Crippen molar-refractivity contribution in [3.05, 3.63) is 58.5 Å². The van der Waals surface area contributed by atoms with E-state index in [1.807, 2.05) is 19.1 Å². The molecule has 3 amide bonds. The number of fused-ring (bicyclic) bond motifs is 1. The molecule has 2 aromatic rings. The van der Waals surface area contributed by atoms with E-state index in [1.54, 1.807) is 36.4 Å². The van der Waals surface area contributed by atoms with Crippen molar-refractivity contribution < 1.29 is 23.9 Å². The second-order valence-electron chi connectivity index (χ2n) is 6.29. The van der Waals surface area contributed by atoms with Gasteiger partial charge in [0.25, 0.3) is 11.1 Å². The van der Waals surface area contributed by atoms with E-state index in [0.29, 0.717) is 22.7 Å². The summed E-state index contributed by atoms with van der Waals surface area (Å²) in [6.07, 6.45) is 1.60. The number of rotatable bonds is 4. The molecule has 0 radical (unpaired) electrons. The molecule has 2 heterocycles. The Labute approximate surface area is 165 Å². The van der Waals surface area contributed by atoms with Crippen LogP contribution >= 0.6 is 11.8 Å². The van der Waals surface area contributed by atoms with Crippen molar-refractivity contribution in [3.63, 3.8) is 0 Å². The fourth-order valence-electron chi connectivity index (χ4n) is 2.77. The van der Waals surface area contributed by atoms with Gasteiger partial charge in [-0.3, -0.25) is 19.3 Å². The van der Waals surface area contributed by atoms with Crippen molar-refractivity contribution >= 4 is 40.6 Å².